The van der Waals surface area contributed by atoms with E-state index in [4.69, 9.17) is 4.74 Å². The zero-order chi connectivity index (χ0) is 16.8. The largest absolute Gasteiger partial charge is 0.465 e. The van der Waals surface area contributed by atoms with Gasteiger partial charge in [-0.1, -0.05) is 53.4 Å². The maximum Gasteiger partial charge on any atom is 0.319 e. The lowest BCUT2D eigenvalue weighted by Crippen LogP contribution is -2.23. The normalized spacial score (nSPS) is 14.1. The molecule has 0 amide bonds. The summed E-state index contributed by atoms with van der Waals surface area (Å²) < 4.78 is 18.8. The van der Waals surface area contributed by atoms with Crippen LogP contribution in [0.1, 0.15) is 79.1 Å². The van der Waals surface area contributed by atoms with Gasteiger partial charge in [0.05, 0.1) is 6.61 Å². The molecule has 132 valence electrons. The fraction of sp³-hybridized carbons (Fsp3) is 0.944. The van der Waals surface area contributed by atoms with Crippen LogP contribution in [-0.2, 0) is 9.53 Å². The standard InChI is InChI=1S/C18H35FO2S/c1-5-7-8-12-17(18(20)21-14-15(3)4)22-13-9-11-16(19)10-6-2/h15-17H,5-14H2,1-4H3. The van der Waals surface area contributed by atoms with Crippen LogP contribution < -0.4 is 0 Å². The van der Waals surface area contributed by atoms with Crippen molar-refractivity contribution in [1.29, 1.82) is 0 Å². The van der Waals surface area contributed by atoms with Crippen LogP contribution in [0.3, 0.4) is 0 Å². The molecule has 0 saturated carbocycles. The number of rotatable bonds is 14. The number of hydrogen-bond acceptors (Lipinski definition) is 3. The average molecular weight is 335 g/mol. The lowest BCUT2D eigenvalue weighted by Gasteiger charge is -2.17. The van der Waals surface area contributed by atoms with E-state index in [1.54, 1.807) is 11.8 Å². The number of alkyl halides is 1. The van der Waals surface area contributed by atoms with Crippen LogP contribution in [0, 0.1) is 5.92 Å². The van der Waals surface area contributed by atoms with Gasteiger partial charge in [-0.05, 0) is 37.4 Å². The molecule has 0 N–H and O–H groups in total. The molecule has 2 unspecified atom stereocenters. The first-order valence-corrected chi connectivity index (χ1v) is 9.98. The minimum Gasteiger partial charge on any atom is -0.465 e. The third-order valence-corrected chi connectivity index (χ3v) is 4.83. The van der Waals surface area contributed by atoms with Gasteiger partial charge in [0.2, 0.25) is 0 Å². The van der Waals surface area contributed by atoms with Crippen molar-refractivity contribution in [2.75, 3.05) is 12.4 Å². The maximum atomic E-state index is 13.4. The highest BCUT2D eigenvalue weighted by Crippen LogP contribution is 2.22. The summed E-state index contributed by atoms with van der Waals surface area (Å²) >= 11 is 1.65. The van der Waals surface area contributed by atoms with E-state index < -0.39 is 6.17 Å². The molecule has 0 fully saturated rings. The van der Waals surface area contributed by atoms with Crippen LogP contribution in [0.2, 0.25) is 0 Å². The van der Waals surface area contributed by atoms with E-state index in [0.717, 1.165) is 44.3 Å². The van der Waals surface area contributed by atoms with Gasteiger partial charge < -0.3 is 4.74 Å². The topological polar surface area (TPSA) is 26.3 Å². The molecular formula is C18H35FO2S. The van der Waals surface area contributed by atoms with E-state index >= 15 is 0 Å². The first kappa shape index (κ1) is 21.8. The highest BCUT2D eigenvalue weighted by Gasteiger charge is 2.20. The number of carbonyl (C=O) groups is 1. The van der Waals surface area contributed by atoms with Crippen molar-refractivity contribution < 1.29 is 13.9 Å². The Hall–Kier alpha value is -0.250. The van der Waals surface area contributed by atoms with Crippen LogP contribution in [0.25, 0.3) is 0 Å². The highest BCUT2D eigenvalue weighted by atomic mass is 32.2. The number of esters is 1. The second kappa shape index (κ2) is 14.3. The van der Waals surface area contributed by atoms with Crippen molar-refractivity contribution in [1.82, 2.24) is 0 Å². The summed E-state index contributed by atoms with van der Waals surface area (Å²) in [4.78, 5) is 12.2. The Kier molecular flexibility index (Phi) is 14.2. The monoisotopic (exact) mass is 334 g/mol. The summed E-state index contributed by atoms with van der Waals surface area (Å²) in [5, 5.41) is -0.0745. The molecule has 22 heavy (non-hydrogen) atoms. The number of hydrogen-bond donors (Lipinski definition) is 0. The second-order valence-corrected chi connectivity index (χ2v) is 7.72. The van der Waals surface area contributed by atoms with Gasteiger partial charge in [0, 0.05) is 0 Å². The first-order valence-electron chi connectivity index (χ1n) is 8.93. The molecule has 0 radical (unpaired) electrons. The van der Waals surface area contributed by atoms with E-state index in [0.29, 0.717) is 25.4 Å². The molecule has 2 atom stereocenters. The van der Waals surface area contributed by atoms with Crippen molar-refractivity contribution >= 4 is 17.7 Å². The van der Waals surface area contributed by atoms with Crippen molar-refractivity contribution in [3.8, 4) is 0 Å². The molecular weight excluding hydrogens is 299 g/mol. The molecule has 0 rings (SSSR count). The number of ether oxygens (including phenoxy) is 1. The van der Waals surface area contributed by atoms with Gasteiger partial charge in [0.15, 0.2) is 0 Å². The van der Waals surface area contributed by atoms with Gasteiger partial charge in [-0.15, -0.1) is 11.8 Å². The molecule has 0 spiro atoms. The minimum absolute atomic E-state index is 0.0745. The fourth-order valence-electron chi connectivity index (χ4n) is 2.18. The SMILES string of the molecule is CCCCCC(SCCCC(F)CCC)C(=O)OCC(C)C. The Morgan fingerprint density at radius 1 is 1.05 bits per heavy atom. The van der Waals surface area contributed by atoms with E-state index in [1.807, 2.05) is 20.8 Å². The fourth-order valence-corrected chi connectivity index (χ4v) is 3.33. The van der Waals surface area contributed by atoms with Crippen molar-refractivity contribution in [3.05, 3.63) is 0 Å². The van der Waals surface area contributed by atoms with Gasteiger partial charge in [0.1, 0.15) is 11.4 Å². The number of thioether (sulfide) groups is 1. The predicted molar refractivity (Wildman–Crippen MR) is 95.2 cm³/mol. The lowest BCUT2D eigenvalue weighted by atomic mass is 10.1. The molecule has 4 heteroatoms. The van der Waals surface area contributed by atoms with E-state index in [-0.39, 0.29) is 11.2 Å². The van der Waals surface area contributed by atoms with E-state index in [1.165, 1.54) is 0 Å². The summed E-state index contributed by atoms with van der Waals surface area (Å²) in [5.41, 5.74) is 0. The molecule has 0 aliphatic carbocycles. The molecule has 0 aromatic carbocycles. The molecule has 0 heterocycles. The van der Waals surface area contributed by atoms with Gasteiger partial charge in [-0.2, -0.15) is 0 Å². The zero-order valence-electron chi connectivity index (χ0n) is 14.9. The molecule has 0 aromatic heterocycles. The first-order chi connectivity index (χ1) is 10.5. The van der Waals surface area contributed by atoms with Gasteiger partial charge in [-0.3, -0.25) is 4.79 Å². The van der Waals surface area contributed by atoms with Crippen molar-refractivity contribution in [2.24, 2.45) is 5.92 Å². The molecule has 0 aromatic rings. The van der Waals surface area contributed by atoms with Crippen molar-refractivity contribution in [2.45, 2.75) is 90.5 Å². The Balaban J connectivity index is 4.08. The maximum absolute atomic E-state index is 13.4. The predicted octanol–water partition coefficient (Wildman–Crippen LogP) is 5.79. The quantitative estimate of drug-likeness (QED) is 0.297. The third-order valence-electron chi connectivity index (χ3n) is 3.47. The second-order valence-electron chi connectivity index (χ2n) is 6.41. The molecule has 2 nitrogen and oxygen atoms in total. The van der Waals surface area contributed by atoms with Crippen LogP contribution in [0.4, 0.5) is 4.39 Å². The van der Waals surface area contributed by atoms with Gasteiger partial charge in [0.25, 0.3) is 0 Å². The van der Waals surface area contributed by atoms with Gasteiger partial charge in [-0.25, -0.2) is 4.39 Å². The smallest absolute Gasteiger partial charge is 0.319 e. The minimum atomic E-state index is -0.683. The summed E-state index contributed by atoms with van der Waals surface area (Å²) in [5.74, 6) is 1.13. The number of carbonyl (C=O) groups excluding carboxylic acids is 1. The summed E-state index contributed by atoms with van der Waals surface area (Å²) in [6, 6.07) is 0. The molecule has 0 bridgehead atoms. The number of unbranched alkanes of at least 4 members (excludes halogenated alkanes) is 2. The summed E-state index contributed by atoms with van der Waals surface area (Å²) in [6.07, 6.45) is 6.57. The average Bonchev–Trinajstić information content (AvgIpc) is 2.47. The number of halogens is 1. The zero-order valence-corrected chi connectivity index (χ0v) is 15.7. The van der Waals surface area contributed by atoms with E-state index in [2.05, 4.69) is 6.92 Å². The van der Waals surface area contributed by atoms with Crippen LogP contribution in [0.5, 0.6) is 0 Å². The van der Waals surface area contributed by atoms with E-state index in [9.17, 15) is 9.18 Å². The highest BCUT2D eigenvalue weighted by molar-refractivity contribution is 8.00. The Bertz CT molecular complexity index is 272. The summed E-state index contributed by atoms with van der Waals surface area (Å²) in [7, 11) is 0. The lowest BCUT2D eigenvalue weighted by molar-refractivity contribution is -0.144. The molecule has 0 aliphatic heterocycles. The Morgan fingerprint density at radius 3 is 2.36 bits per heavy atom. The summed E-state index contributed by atoms with van der Waals surface area (Å²) in [6.45, 7) is 8.75. The Labute approximate surface area is 141 Å². The van der Waals surface area contributed by atoms with Crippen LogP contribution in [0.15, 0.2) is 0 Å². The van der Waals surface area contributed by atoms with Crippen LogP contribution in [-0.4, -0.2) is 29.8 Å². The molecule has 0 aliphatic rings. The molecule has 0 saturated heterocycles. The van der Waals surface area contributed by atoms with Crippen molar-refractivity contribution in [3.63, 3.8) is 0 Å². The third kappa shape index (κ3) is 12.3. The van der Waals surface area contributed by atoms with Gasteiger partial charge >= 0.3 is 5.97 Å². The van der Waals surface area contributed by atoms with Crippen LogP contribution >= 0.6 is 11.8 Å². The Morgan fingerprint density at radius 2 is 1.77 bits per heavy atom.